The number of anilines is 2. The summed E-state index contributed by atoms with van der Waals surface area (Å²) >= 11 is 6.12. The Labute approximate surface area is 315 Å². The fourth-order valence-electron chi connectivity index (χ4n) is 6.96. The Hall–Kier alpha value is -5.44. The average molecular weight is 756 g/mol. The van der Waals surface area contributed by atoms with Gasteiger partial charge in [0.25, 0.3) is 0 Å². The van der Waals surface area contributed by atoms with Crippen molar-refractivity contribution in [3.8, 4) is 16.8 Å². The van der Waals surface area contributed by atoms with Crippen LogP contribution >= 0.6 is 11.6 Å². The first-order valence-corrected chi connectivity index (χ1v) is 18.1. The van der Waals surface area contributed by atoms with E-state index in [1.165, 1.54) is 58.4 Å². The molecule has 0 aliphatic carbocycles. The third kappa shape index (κ3) is 7.11. The zero-order valence-corrected chi connectivity index (χ0v) is 30.5. The van der Waals surface area contributed by atoms with E-state index in [0.29, 0.717) is 17.7 Å². The Morgan fingerprint density at radius 1 is 0.833 bits per heavy atom. The maximum Gasteiger partial charge on any atom is 0.350 e. The summed E-state index contributed by atoms with van der Waals surface area (Å²) in [4.78, 5) is 22.7. The van der Waals surface area contributed by atoms with Gasteiger partial charge in [0.15, 0.2) is 5.60 Å². The SMILES string of the molecule is CCC(C(C)O)n1ncn(-c2ccc(N3CCN(c4ccc(-c5ccc(C(F)(F)C(O)(Cn6nccn6)c6cccc(Cl)c6)nc5)cc4)CC3)cc2)c1=O. The molecule has 0 amide bonds. The summed E-state index contributed by atoms with van der Waals surface area (Å²) in [5, 5.41) is 34.0. The molecule has 0 saturated carbocycles. The lowest BCUT2D eigenvalue weighted by Crippen LogP contribution is -2.47. The predicted molar refractivity (Wildman–Crippen MR) is 202 cm³/mol. The molecule has 3 aromatic carbocycles. The number of hydrogen-bond acceptors (Lipinski definition) is 9. The predicted octanol–water partition coefficient (Wildman–Crippen LogP) is 5.68. The van der Waals surface area contributed by atoms with Gasteiger partial charge in [-0.2, -0.15) is 28.9 Å². The number of halogens is 3. The first-order chi connectivity index (χ1) is 26.0. The number of aromatic nitrogens is 7. The van der Waals surface area contributed by atoms with E-state index in [-0.39, 0.29) is 22.3 Å². The maximum atomic E-state index is 16.2. The van der Waals surface area contributed by atoms with Crippen molar-refractivity contribution in [2.45, 2.75) is 50.5 Å². The number of hydrogen-bond donors (Lipinski definition) is 2. The quantitative estimate of drug-likeness (QED) is 0.162. The van der Waals surface area contributed by atoms with Gasteiger partial charge in [-0.25, -0.2) is 14.0 Å². The molecular formula is C39H40ClF2N9O3. The average Bonchev–Trinajstić information content (AvgIpc) is 3.84. The molecule has 2 N–H and O–H groups in total. The van der Waals surface area contributed by atoms with E-state index in [1.807, 2.05) is 55.5 Å². The first-order valence-electron chi connectivity index (χ1n) is 17.7. The highest BCUT2D eigenvalue weighted by Crippen LogP contribution is 2.46. The highest BCUT2D eigenvalue weighted by molar-refractivity contribution is 6.30. The minimum Gasteiger partial charge on any atom is -0.391 e. The topological polar surface area (TPSA) is 130 Å². The second-order valence-electron chi connectivity index (χ2n) is 13.4. The van der Waals surface area contributed by atoms with Crippen LogP contribution in [0, 0.1) is 0 Å². The lowest BCUT2D eigenvalue weighted by Gasteiger charge is -2.37. The molecule has 1 fully saturated rings. The van der Waals surface area contributed by atoms with Crippen LogP contribution in [0.1, 0.15) is 37.6 Å². The van der Waals surface area contributed by atoms with Gasteiger partial charge >= 0.3 is 11.6 Å². The molecule has 4 heterocycles. The Morgan fingerprint density at radius 3 is 1.98 bits per heavy atom. The Morgan fingerprint density at radius 2 is 1.43 bits per heavy atom. The zero-order valence-electron chi connectivity index (χ0n) is 29.8. The minimum atomic E-state index is -3.83. The molecule has 1 saturated heterocycles. The third-order valence-electron chi connectivity index (χ3n) is 10.1. The summed E-state index contributed by atoms with van der Waals surface area (Å²) in [5.74, 6) is -3.83. The van der Waals surface area contributed by atoms with Crippen LogP contribution in [-0.4, -0.2) is 76.8 Å². The molecule has 3 unspecified atom stereocenters. The fraction of sp³-hybridized carbons (Fsp3) is 0.308. The van der Waals surface area contributed by atoms with Crippen molar-refractivity contribution in [1.29, 1.82) is 0 Å². The van der Waals surface area contributed by atoms with Crippen molar-refractivity contribution in [3.63, 3.8) is 0 Å². The van der Waals surface area contributed by atoms with Crippen molar-refractivity contribution >= 4 is 23.0 Å². The first kappa shape index (κ1) is 36.9. The van der Waals surface area contributed by atoms with Crippen molar-refractivity contribution in [1.82, 2.24) is 34.3 Å². The number of nitrogens with zero attached hydrogens (tertiary/aromatic N) is 9. The van der Waals surface area contributed by atoms with E-state index in [0.717, 1.165) is 47.9 Å². The van der Waals surface area contributed by atoms with Crippen LogP contribution in [0.4, 0.5) is 20.2 Å². The van der Waals surface area contributed by atoms with E-state index >= 15 is 8.78 Å². The lowest BCUT2D eigenvalue weighted by atomic mass is 9.85. The molecular weight excluding hydrogens is 716 g/mol. The van der Waals surface area contributed by atoms with Gasteiger partial charge in [0.1, 0.15) is 18.6 Å². The normalized spacial score (nSPS) is 15.9. The molecule has 3 aromatic heterocycles. The summed E-state index contributed by atoms with van der Waals surface area (Å²) in [6.45, 7) is 6.12. The second kappa shape index (κ2) is 15.1. The molecule has 15 heteroatoms. The van der Waals surface area contributed by atoms with Crippen molar-refractivity contribution in [2.75, 3.05) is 36.0 Å². The molecule has 1 aliphatic rings. The van der Waals surface area contributed by atoms with Gasteiger partial charge in [-0.15, -0.1) is 0 Å². The molecule has 6 aromatic rings. The molecule has 12 nitrogen and oxygen atoms in total. The highest BCUT2D eigenvalue weighted by atomic mass is 35.5. The lowest BCUT2D eigenvalue weighted by molar-refractivity contribution is -0.207. The van der Waals surface area contributed by atoms with Crippen LogP contribution < -0.4 is 15.5 Å². The fourth-order valence-corrected chi connectivity index (χ4v) is 7.15. The maximum absolute atomic E-state index is 16.2. The molecule has 3 atom stereocenters. The Bertz CT molecular complexity index is 2220. The largest absolute Gasteiger partial charge is 0.391 e. The van der Waals surface area contributed by atoms with E-state index in [4.69, 9.17) is 11.6 Å². The van der Waals surface area contributed by atoms with Gasteiger partial charge in [0.2, 0.25) is 0 Å². The summed E-state index contributed by atoms with van der Waals surface area (Å²) < 4.78 is 35.3. The van der Waals surface area contributed by atoms with Gasteiger partial charge in [0.05, 0.1) is 30.2 Å². The number of alkyl halides is 2. The van der Waals surface area contributed by atoms with Crippen molar-refractivity contribution in [2.24, 2.45) is 0 Å². The number of aliphatic hydroxyl groups is 2. The van der Waals surface area contributed by atoms with Crippen LogP contribution in [0.25, 0.3) is 16.8 Å². The summed E-state index contributed by atoms with van der Waals surface area (Å²) in [7, 11) is 0. The van der Waals surface area contributed by atoms with E-state index < -0.39 is 29.9 Å². The summed E-state index contributed by atoms with van der Waals surface area (Å²) in [5.41, 5.74) is 0.535. The number of benzene rings is 3. The Kier molecular flexibility index (Phi) is 10.3. The number of pyridine rings is 1. The molecule has 0 spiro atoms. The van der Waals surface area contributed by atoms with E-state index in [9.17, 15) is 15.0 Å². The third-order valence-corrected chi connectivity index (χ3v) is 10.3. The van der Waals surface area contributed by atoms with Gasteiger partial charge in [-0.3, -0.25) is 4.98 Å². The van der Waals surface area contributed by atoms with E-state index in [2.05, 4.69) is 30.1 Å². The van der Waals surface area contributed by atoms with Crippen LogP contribution in [0.15, 0.2) is 115 Å². The zero-order chi connectivity index (χ0) is 38.0. The molecule has 7 rings (SSSR count). The van der Waals surface area contributed by atoms with E-state index in [1.54, 1.807) is 19.1 Å². The monoisotopic (exact) mass is 755 g/mol. The highest BCUT2D eigenvalue weighted by Gasteiger charge is 2.57. The number of aliphatic hydroxyl groups excluding tert-OH is 1. The Balaban J connectivity index is 0.997. The number of piperazine rings is 1. The van der Waals surface area contributed by atoms with Gasteiger partial charge < -0.3 is 20.0 Å². The summed E-state index contributed by atoms with van der Waals surface area (Å²) in [6.07, 6.45) is 5.47. The summed E-state index contributed by atoms with van der Waals surface area (Å²) in [6, 6.07) is 23.8. The standard InChI is InChI=1S/C39H40ClF2N9O3/c1-3-35(27(2)52)51-37(53)49(26-46-51)34-14-12-33(13-15-34)48-21-19-47(20-22-48)32-10-7-28(8-11-32)29-9-16-36(43-24-29)39(41,42)38(54,25-50-44-17-18-45-50)30-5-4-6-31(40)23-30/h4-18,23-24,26-27,35,52,54H,3,19-22,25H2,1-2H3. The van der Waals surface area contributed by atoms with Crippen LogP contribution in [0.3, 0.4) is 0 Å². The molecule has 280 valence electrons. The van der Waals surface area contributed by atoms with Gasteiger partial charge in [0, 0.05) is 54.3 Å². The van der Waals surface area contributed by atoms with Crippen LogP contribution in [0.2, 0.25) is 5.02 Å². The molecule has 1 aliphatic heterocycles. The second-order valence-corrected chi connectivity index (χ2v) is 13.9. The van der Waals surface area contributed by atoms with Crippen LogP contribution in [0.5, 0.6) is 0 Å². The van der Waals surface area contributed by atoms with Gasteiger partial charge in [-0.05, 0) is 79.1 Å². The molecule has 54 heavy (non-hydrogen) atoms. The van der Waals surface area contributed by atoms with Gasteiger partial charge in [-0.1, -0.05) is 48.9 Å². The number of rotatable bonds is 12. The molecule has 0 bridgehead atoms. The smallest absolute Gasteiger partial charge is 0.350 e. The van der Waals surface area contributed by atoms with Crippen molar-refractivity contribution in [3.05, 3.63) is 137 Å². The molecule has 0 radical (unpaired) electrons. The minimum absolute atomic E-state index is 0.0880. The van der Waals surface area contributed by atoms with Crippen LogP contribution in [-0.2, 0) is 18.1 Å². The van der Waals surface area contributed by atoms with Crippen molar-refractivity contribution < 1.29 is 19.0 Å².